The maximum atomic E-state index is 6.27. The molecule has 110 valence electrons. The first-order valence-corrected chi connectivity index (χ1v) is 8.43. The van der Waals surface area contributed by atoms with Crippen LogP contribution in [-0.2, 0) is 11.2 Å². The summed E-state index contributed by atoms with van der Waals surface area (Å²) in [5.41, 5.74) is 2.35. The second kappa shape index (κ2) is 6.99. The summed E-state index contributed by atoms with van der Waals surface area (Å²) < 4.78 is 12.5. The molecule has 0 unspecified atom stereocenters. The largest absolute Gasteiger partial charge is 0.488 e. The highest BCUT2D eigenvalue weighted by atomic mass is 127. The van der Waals surface area contributed by atoms with Gasteiger partial charge >= 0.3 is 0 Å². The topological polar surface area (TPSA) is 18.5 Å². The predicted molar refractivity (Wildman–Crippen MR) is 93.3 cm³/mol. The van der Waals surface area contributed by atoms with Gasteiger partial charge in [0.15, 0.2) is 0 Å². The van der Waals surface area contributed by atoms with E-state index in [1.54, 1.807) is 0 Å². The molecule has 0 bridgehead atoms. The molecule has 2 aromatic rings. The Balaban J connectivity index is 1.74. The highest BCUT2D eigenvalue weighted by molar-refractivity contribution is 14.1. The van der Waals surface area contributed by atoms with Crippen LogP contribution in [0.4, 0.5) is 0 Å². The smallest absolute Gasteiger partial charge is 0.124 e. The number of hydrogen-bond donors (Lipinski definition) is 0. The third-order valence-corrected chi connectivity index (χ3v) is 4.53. The molecular formula is C17H16ClIO2. The minimum Gasteiger partial charge on any atom is -0.488 e. The van der Waals surface area contributed by atoms with Crippen LogP contribution in [0.25, 0.3) is 0 Å². The lowest BCUT2D eigenvalue weighted by Gasteiger charge is -2.13. The fourth-order valence-electron chi connectivity index (χ4n) is 2.43. The Morgan fingerprint density at radius 2 is 2.14 bits per heavy atom. The molecule has 0 amide bonds. The van der Waals surface area contributed by atoms with E-state index in [1.165, 1.54) is 9.13 Å². The summed E-state index contributed by atoms with van der Waals surface area (Å²) in [7, 11) is 0. The van der Waals surface area contributed by atoms with Gasteiger partial charge in [-0.05, 0) is 70.5 Å². The van der Waals surface area contributed by atoms with Gasteiger partial charge in [0.2, 0.25) is 0 Å². The summed E-state index contributed by atoms with van der Waals surface area (Å²) in [4.78, 5) is 0. The van der Waals surface area contributed by atoms with E-state index in [2.05, 4.69) is 40.8 Å². The number of hydrogen-bond acceptors (Lipinski definition) is 2. The second-order valence-electron chi connectivity index (χ2n) is 5.16. The van der Waals surface area contributed by atoms with Crippen molar-refractivity contribution in [3.63, 3.8) is 0 Å². The Labute approximate surface area is 143 Å². The normalized spacial score (nSPS) is 17.9. The van der Waals surface area contributed by atoms with Crippen molar-refractivity contribution in [3.05, 3.63) is 62.2 Å². The van der Waals surface area contributed by atoms with Crippen LogP contribution in [0.1, 0.15) is 17.5 Å². The van der Waals surface area contributed by atoms with E-state index in [9.17, 15) is 0 Å². The first-order valence-electron chi connectivity index (χ1n) is 6.98. The van der Waals surface area contributed by atoms with E-state index >= 15 is 0 Å². The molecule has 1 aliphatic rings. The van der Waals surface area contributed by atoms with Crippen molar-refractivity contribution in [2.45, 2.75) is 18.9 Å². The van der Waals surface area contributed by atoms with Gasteiger partial charge in [0.1, 0.15) is 11.9 Å². The van der Waals surface area contributed by atoms with Gasteiger partial charge in [-0.1, -0.05) is 23.7 Å². The summed E-state index contributed by atoms with van der Waals surface area (Å²) in [5, 5.41) is 0.811. The lowest BCUT2D eigenvalue weighted by molar-refractivity contribution is 0.141. The predicted octanol–water partition coefficient (Wildman–Crippen LogP) is 4.70. The number of benzene rings is 2. The molecule has 0 aliphatic carbocycles. The molecule has 0 N–H and O–H groups in total. The number of rotatable bonds is 4. The average Bonchev–Trinajstić information content (AvgIpc) is 2.96. The maximum absolute atomic E-state index is 6.27. The van der Waals surface area contributed by atoms with E-state index in [0.717, 1.165) is 35.8 Å². The minimum atomic E-state index is 0.182. The van der Waals surface area contributed by atoms with Gasteiger partial charge in [0, 0.05) is 15.0 Å². The van der Waals surface area contributed by atoms with E-state index < -0.39 is 0 Å². The molecule has 4 heteroatoms. The summed E-state index contributed by atoms with van der Waals surface area (Å²) in [5.74, 6) is 0.907. The van der Waals surface area contributed by atoms with Crippen LogP contribution in [-0.4, -0.2) is 19.3 Å². The third-order valence-electron chi connectivity index (χ3n) is 3.49. The monoisotopic (exact) mass is 414 g/mol. The van der Waals surface area contributed by atoms with Crippen molar-refractivity contribution < 1.29 is 9.47 Å². The minimum absolute atomic E-state index is 0.182. The van der Waals surface area contributed by atoms with E-state index in [4.69, 9.17) is 21.1 Å². The standard InChI is InChI=1S/C17H16ClIO2/c18-17-5-4-14(19)10-13(17)8-12-2-1-3-15(9-12)21-16-6-7-20-11-16/h1-5,9-10,16H,6-8,11H2/t16-/m0/s1. The zero-order valence-corrected chi connectivity index (χ0v) is 14.4. The highest BCUT2D eigenvalue weighted by Gasteiger charge is 2.17. The zero-order chi connectivity index (χ0) is 14.7. The van der Waals surface area contributed by atoms with Gasteiger partial charge in [-0.25, -0.2) is 0 Å². The summed E-state index contributed by atoms with van der Waals surface area (Å²) in [6, 6.07) is 14.3. The summed E-state index contributed by atoms with van der Waals surface area (Å²) in [6.07, 6.45) is 1.96. The lowest BCUT2D eigenvalue weighted by Crippen LogP contribution is -2.15. The first-order chi connectivity index (χ1) is 10.2. The fraction of sp³-hybridized carbons (Fsp3) is 0.294. The van der Waals surface area contributed by atoms with Gasteiger partial charge in [0.25, 0.3) is 0 Å². The maximum Gasteiger partial charge on any atom is 0.124 e. The van der Waals surface area contributed by atoms with Crippen molar-refractivity contribution in [1.29, 1.82) is 0 Å². The molecular weight excluding hydrogens is 399 g/mol. The Morgan fingerprint density at radius 3 is 2.95 bits per heavy atom. The van der Waals surface area contributed by atoms with Gasteiger partial charge in [-0.3, -0.25) is 0 Å². The lowest BCUT2D eigenvalue weighted by atomic mass is 10.0. The van der Waals surface area contributed by atoms with E-state index in [0.29, 0.717) is 6.61 Å². The molecule has 1 saturated heterocycles. The van der Waals surface area contributed by atoms with Crippen LogP contribution in [0.5, 0.6) is 5.75 Å². The molecule has 1 aliphatic heterocycles. The van der Waals surface area contributed by atoms with Crippen molar-refractivity contribution in [1.82, 2.24) is 0 Å². The quantitative estimate of drug-likeness (QED) is 0.675. The molecule has 0 saturated carbocycles. The SMILES string of the molecule is Clc1ccc(I)cc1Cc1cccc(O[C@H]2CCOC2)c1. The van der Waals surface area contributed by atoms with Gasteiger partial charge in [-0.2, -0.15) is 0 Å². The Bertz CT molecular complexity index is 624. The van der Waals surface area contributed by atoms with Gasteiger partial charge < -0.3 is 9.47 Å². The van der Waals surface area contributed by atoms with Crippen LogP contribution < -0.4 is 4.74 Å². The second-order valence-corrected chi connectivity index (χ2v) is 6.82. The molecule has 0 radical (unpaired) electrons. The molecule has 1 heterocycles. The Morgan fingerprint density at radius 1 is 1.24 bits per heavy atom. The molecule has 21 heavy (non-hydrogen) atoms. The average molecular weight is 415 g/mol. The third kappa shape index (κ3) is 4.11. The van der Waals surface area contributed by atoms with Crippen LogP contribution in [0, 0.1) is 3.57 Å². The van der Waals surface area contributed by atoms with Crippen molar-refractivity contribution >= 4 is 34.2 Å². The number of ether oxygens (including phenoxy) is 2. The highest BCUT2D eigenvalue weighted by Crippen LogP contribution is 2.24. The molecule has 2 aromatic carbocycles. The fourth-order valence-corrected chi connectivity index (χ4v) is 3.17. The Kier molecular flexibility index (Phi) is 5.03. The molecule has 2 nitrogen and oxygen atoms in total. The molecule has 1 fully saturated rings. The van der Waals surface area contributed by atoms with Gasteiger partial charge in [-0.15, -0.1) is 0 Å². The van der Waals surface area contributed by atoms with Gasteiger partial charge in [0.05, 0.1) is 13.2 Å². The summed E-state index contributed by atoms with van der Waals surface area (Å²) in [6.45, 7) is 1.48. The van der Waals surface area contributed by atoms with Crippen molar-refractivity contribution in [2.75, 3.05) is 13.2 Å². The van der Waals surface area contributed by atoms with Crippen LogP contribution in [0.15, 0.2) is 42.5 Å². The van der Waals surface area contributed by atoms with E-state index in [-0.39, 0.29) is 6.10 Å². The van der Waals surface area contributed by atoms with Crippen LogP contribution >= 0.6 is 34.2 Å². The van der Waals surface area contributed by atoms with Crippen LogP contribution in [0.2, 0.25) is 5.02 Å². The molecule has 3 rings (SSSR count). The molecule has 0 spiro atoms. The van der Waals surface area contributed by atoms with Crippen molar-refractivity contribution in [2.24, 2.45) is 0 Å². The molecule has 1 atom stereocenters. The molecule has 0 aromatic heterocycles. The Hall–Kier alpha value is -0.780. The number of halogens is 2. The zero-order valence-electron chi connectivity index (χ0n) is 11.5. The summed E-state index contributed by atoms with van der Waals surface area (Å²) >= 11 is 8.58. The van der Waals surface area contributed by atoms with E-state index in [1.807, 2.05) is 24.3 Å². The van der Waals surface area contributed by atoms with Crippen molar-refractivity contribution in [3.8, 4) is 5.75 Å². The first kappa shape index (κ1) is 15.1. The van der Waals surface area contributed by atoms with Crippen LogP contribution in [0.3, 0.4) is 0 Å².